The molecule has 0 aliphatic carbocycles. The fourth-order valence-corrected chi connectivity index (χ4v) is 0.799. The largest absolute Gasteiger partial charge is 0.286 e. The van der Waals surface area contributed by atoms with Gasteiger partial charge in [0.15, 0.2) is 0 Å². The summed E-state index contributed by atoms with van der Waals surface area (Å²) in [6.07, 6.45) is 5.80. The molecule has 0 atom stereocenters. The quantitative estimate of drug-likeness (QED) is 0.403. The molecule has 0 amide bonds. The van der Waals surface area contributed by atoms with E-state index in [0.29, 0.717) is 5.84 Å². The van der Waals surface area contributed by atoms with Crippen molar-refractivity contribution in [3.63, 3.8) is 0 Å². The van der Waals surface area contributed by atoms with Gasteiger partial charge in [-0.15, -0.1) is 0 Å². The molecule has 0 heterocycles. The van der Waals surface area contributed by atoms with E-state index >= 15 is 0 Å². The van der Waals surface area contributed by atoms with Crippen LogP contribution >= 0.6 is 0 Å². The minimum absolute atomic E-state index is 0.195. The highest BCUT2D eigenvalue weighted by Gasteiger charge is 1.98. The van der Waals surface area contributed by atoms with E-state index in [9.17, 15) is 0 Å². The van der Waals surface area contributed by atoms with E-state index in [-0.39, 0.29) is 5.92 Å². The topological polar surface area (TPSA) is 36.2 Å². The Balaban J connectivity index is 4.53. The molecule has 0 aliphatic heterocycles. The molecule has 0 aliphatic rings. The van der Waals surface area contributed by atoms with Crippen LogP contribution in [-0.4, -0.2) is 12.1 Å². The maximum atomic E-state index is 7.54. The van der Waals surface area contributed by atoms with Gasteiger partial charge in [0.2, 0.25) is 0 Å². The van der Waals surface area contributed by atoms with Crippen molar-refractivity contribution in [2.24, 2.45) is 10.9 Å². The van der Waals surface area contributed by atoms with Crippen LogP contribution in [0.2, 0.25) is 0 Å². The van der Waals surface area contributed by atoms with E-state index in [1.165, 1.54) is 5.57 Å². The summed E-state index contributed by atoms with van der Waals surface area (Å²) in [5, 5.41) is 7.54. The molecule has 0 fully saturated rings. The molecule has 2 nitrogen and oxygen atoms in total. The third-order valence-corrected chi connectivity index (χ3v) is 1.98. The molecule has 0 bridgehead atoms. The van der Waals surface area contributed by atoms with Gasteiger partial charge in [-0.05, 0) is 31.9 Å². The molecule has 0 saturated carbocycles. The molecule has 14 heavy (non-hydrogen) atoms. The van der Waals surface area contributed by atoms with E-state index in [1.54, 1.807) is 6.21 Å². The van der Waals surface area contributed by atoms with Crippen LogP contribution in [0.4, 0.5) is 0 Å². The maximum Gasteiger partial charge on any atom is 0.122 e. The van der Waals surface area contributed by atoms with Crippen LogP contribution in [0.3, 0.4) is 0 Å². The number of nitrogens with one attached hydrogen (secondary N) is 1. The van der Waals surface area contributed by atoms with Gasteiger partial charge >= 0.3 is 0 Å². The van der Waals surface area contributed by atoms with Crippen LogP contribution in [0, 0.1) is 11.3 Å². The summed E-state index contributed by atoms with van der Waals surface area (Å²) < 4.78 is 0. The minimum Gasteiger partial charge on any atom is -0.286 e. The predicted octanol–water partition coefficient (Wildman–Crippen LogP) is 3.60. The summed E-state index contributed by atoms with van der Waals surface area (Å²) in [6.45, 7) is 9.98. The Hall–Kier alpha value is -1.18. The number of rotatable bonds is 3. The van der Waals surface area contributed by atoms with E-state index < -0.39 is 0 Å². The Labute approximate surface area is 87.0 Å². The average Bonchev–Trinajstić information content (AvgIpc) is 2.13. The molecule has 0 unspecified atom stereocenters. The zero-order valence-corrected chi connectivity index (χ0v) is 9.76. The molecule has 2 heteroatoms. The van der Waals surface area contributed by atoms with Crippen LogP contribution in [-0.2, 0) is 0 Å². The molecule has 0 spiro atoms. The van der Waals surface area contributed by atoms with Crippen molar-refractivity contribution in [1.29, 1.82) is 5.41 Å². The van der Waals surface area contributed by atoms with Gasteiger partial charge in [-0.1, -0.05) is 26.0 Å². The van der Waals surface area contributed by atoms with Crippen molar-refractivity contribution >= 4 is 12.1 Å². The van der Waals surface area contributed by atoms with E-state index in [2.05, 4.69) is 4.99 Å². The highest BCUT2D eigenvalue weighted by Crippen LogP contribution is 2.03. The zero-order valence-electron chi connectivity index (χ0n) is 9.76. The first-order chi connectivity index (χ1) is 6.49. The van der Waals surface area contributed by atoms with Crippen LogP contribution in [0.15, 0.2) is 28.3 Å². The van der Waals surface area contributed by atoms with Crippen molar-refractivity contribution in [2.75, 3.05) is 0 Å². The van der Waals surface area contributed by atoms with Gasteiger partial charge in [0.25, 0.3) is 0 Å². The highest BCUT2D eigenvalue weighted by molar-refractivity contribution is 5.93. The van der Waals surface area contributed by atoms with E-state index in [0.717, 1.165) is 5.57 Å². The summed E-state index contributed by atoms with van der Waals surface area (Å²) in [6, 6.07) is 0. The number of allylic oxidation sites excluding steroid dienone is 4. The second-order valence-electron chi connectivity index (χ2n) is 3.66. The lowest BCUT2D eigenvalue weighted by Gasteiger charge is -2.01. The Morgan fingerprint density at radius 1 is 1.21 bits per heavy atom. The second-order valence-corrected chi connectivity index (χ2v) is 3.66. The molecule has 78 valence electrons. The van der Waals surface area contributed by atoms with Gasteiger partial charge in [0.05, 0.1) is 0 Å². The summed E-state index contributed by atoms with van der Waals surface area (Å²) in [5.74, 6) is 0.624. The summed E-state index contributed by atoms with van der Waals surface area (Å²) >= 11 is 0. The van der Waals surface area contributed by atoms with Crippen LogP contribution in [0.5, 0.6) is 0 Å². The lowest BCUT2D eigenvalue weighted by molar-refractivity contribution is 0.866. The van der Waals surface area contributed by atoms with Crippen molar-refractivity contribution in [3.8, 4) is 0 Å². The van der Waals surface area contributed by atoms with Crippen LogP contribution < -0.4 is 0 Å². The fraction of sp³-hybridized carbons (Fsp3) is 0.500. The fourth-order valence-electron chi connectivity index (χ4n) is 0.799. The van der Waals surface area contributed by atoms with Crippen molar-refractivity contribution in [2.45, 2.75) is 34.6 Å². The van der Waals surface area contributed by atoms with Gasteiger partial charge < -0.3 is 0 Å². The highest BCUT2D eigenvalue weighted by atomic mass is 14.8. The van der Waals surface area contributed by atoms with Crippen molar-refractivity contribution in [1.82, 2.24) is 0 Å². The number of aliphatic imine (C=N–C) groups is 1. The minimum atomic E-state index is 0.195. The summed E-state index contributed by atoms with van der Waals surface area (Å²) in [4.78, 5) is 4.09. The lowest BCUT2D eigenvalue weighted by Crippen LogP contribution is -2.02. The second kappa shape index (κ2) is 6.30. The molecule has 0 saturated heterocycles. The molecule has 0 aromatic heterocycles. The zero-order chi connectivity index (χ0) is 11.1. The van der Waals surface area contributed by atoms with E-state index in [4.69, 9.17) is 5.41 Å². The van der Waals surface area contributed by atoms with E-state index in [1.807, 2.05) is 46.8 Å². The Bertz CT molecular complexity index is 281. The number of hydrogen-bond acceptors (Lipinski definition) is 1. The summed E-state index contributed by atoms with van der Waals surface area (Å²) in [7, 11) is 0. The first-order valence-corrected chi connectivity index (χ1v) is 4.91. The normalized spacial score (nSPS) is 14.1. The lowest BCUT2D eigenvalue weighted by atomic mass is 10.1. The Kier molecular flexibility index (Phi) is 5.77. The Morgan fingerprint density at radius 2 is 1.79 bits per heavy atom. The van der Waals surface area contributed by atoms with Crippen LogP contribution in [0.1, 0.15) is 34.6 Å². The van der Waals surface area contributed by atoms with Gasteiger partial charge in [-0.2, -0.15) is 0 Å². The molecule has 0 radical (unpaired) electrons. The van der Waals surface area contributed by atoms with Gasteiger partial charge in [0, 0.05) is 12.1 Å². The molecule has 0 aromatic carbocycles. The number of nitrogens with zero attached hydrogens (tertiary/aromatic N) is 1. The van der Waals surface area contributed by atoms with Gasteiger partial charge in [-0.3, -0.25) is 5.41 Å². The molecule has 0 rings (SSSR count). The Morgan fingerprint density at radius 3 is 2.21 bits per heavy atom. The number of hydrogen-bond donors (Lipinski definition) is 1. The van der Waals surface area contributed by atoms with Gasteiger partial charge in [0.1, 0.15) is 5.84 Å². The molecular formula is C12H20N2. The van der Waals surface area contributed by atoms with Gasteiger partial charge in [-0.25, -0.2) is 4.99 Å². The van der Waals surface area contributed by atoms with Crippen LogP contribution in [0.25, 0.3) is 0 Å². The SMILES string of the molecule is C/C=C\C(C)=C(/C)C=NC(=N)C(C)C. The standard InChI is InChI=1S/C12H20N2/c1-6-7-10(4)11(5)8-14-12(13)9(2)3/h6-9,13H,1-5H3/b7-6-,11-10+,13-12?,14-8?. The monoisotopic (exact) mass is 192 g/mol. The number of amidine groups is 1. The average molecular weight is 192 g/mol. The smallest absolute Gasteiger partial charge is 0.122 e. The van der Waals surface area contributed by atoms with Crippen molar-refractivity contribution in [3.05, 3.63) is 23.3 Å². The predicted molar refractivity (Wildman–Crippen MR) is 64.2 cm³/mol. The third kappa shape index (κ3) is 4.75. The third-order valence-electron chi connectivity index (χ3n) is 1.98. The summed E-state index contributed by atoms with van der Waals surface area (Å²) in [5.41, 5.74) is 2.29. The molecular weight excluding hydrogens is 172 g/mol. The molecule has 0 aromatic rings. The first kappa shape index (κ1) is 12.8. The van der Waals surface area contributed by atoms with Crippen molar-refractivity contribution < 1.29 is 0 Å². The first-order valence-electron chi connectivity index (χ1n) is 4.91. The maximum absolute atomic E-state index is 7.54. The molecule has 1 N–H and O–H groups in total.